The number of carbonyl (C=O) groups is 2. The summed E-state index contributed by atoms with van der Waals surface area (Å²) in [6.07, 6.45) is 0. The third kappa shape index (κ3) is 3.34. The van der Waals surface area contributed by atoms with Gasteiger partial charge in [-0.25, -0.2) is 0 Å². The van der Waals surface area contributed by atoms with Crippen molar-refractivity contribution in [2.75, 3.05) is 14.1 Å². The van der Waals surface area contributed by atoms with E-state index in [9.17, 15) is 9.59 Å². The SMILES string of the molecule is CNC(=O)[C@@](C)(I)N(C)C(=O)c1ccc(I)cc1. The average Bonchev–Trinajstić information content (AvgIpc) is 2.36. The number of nitrogens with one attached hydrogen (secondary N) is 1. The summed E-state index contributed by atoms with van der Waals surface area (Å²) >= 11 is 4.15. The molecule has 0 saturated heterocycles. The lowest BCUT2D eigenvalue weighted by Crippen LogP contribution is -2.52. The molecule has 0 aliphatic rings. The molecule has 0 aromatic heterocycles. The summed E-state index contributed by atoms with van der Waals surface area (Å²) in [6, 6.07) is 7.26. The number of benzene rings is 1. The van der Waals surface area contributed by atoms with E-state index in [4.69, 9.17) is 0 Å². The number of amides is 2. The van der Waals surface area contributed by atoms with Crippen LogP contribution in [0.2, 0.25) is 0 Å². The van der Waals surface area contributed by atoms with Crippen LogP contribution in [-0.4, -0.2) is 34.4 Å². The zero-order valence-corrected chi connectivity index (χ0v) is 14.6. The predicted octanol–water partition coefficient (Wildman–Crippen LogP) is 2.26. The van der Waals surface area contributed by atoms with Gasteiger partial charge in [-0.05, 0) is 76.4 Å². The summed E-state index contributed by atoms with van der Waals surface area (Å²) in [6.45, 7) is 1.71. The molecule has 1 rings (SSSR count). The van der Waals surface area contributed by atoms with E-state index in [0.29, 0.717) is 5.56 Å². The highest BCUT2D eigenvalue weighted by atomic mass is 127. The molecular weight excluding hydrogens is 458 g/mol. The topological polar surface area (TPSA) is 49.4 Å². The van der Waals surface area contributed by atoms with Gasteiger partial charge in [0.1, 0.15) is 0 Å². The van der Waals surface area contributed by atoms with Crippen LogP contribution in [-0.2, 0) is 4.79 Å². The molecule has 98 valence electrons. The number of carbonyl (C=O) groups excluding carboxylic acids is 2. The van der Waals surface area contributed by atoms with Gasteiger partial charge in [0.05, 0.1) is 0 Å². The van der Waals surface area contributed by atoms with Crippen molar-refractivity contribution in [3.8, 4) is 0 Å². The molecule has 1 atom stereocenters. The van der Waals surface area contributed by atoms with Crippen LogP contribution in [0.5, 0.6) is 0 Å². The molecule has 2 amide bonds. The van der Waals surface area contributed by atoms with Crippen molar-refractivity contribution in [3.63, 3.8) is 0 Å². The van der Waals surface area contributed by atoms with Crippen LogP contribution >= 0.6 is 45.2 Å². The number of hydrogen-bond acceptors (Lipinski definition) is 2. The Kier molecular flexibility index (Phi) is 5.38. The first-order valence-electron chi connectivity index (χ1n) is 5.25. The molecule has 4 nitrogen and oxygen atoms in total. The molecule has 0 bridgehead atoms. The molecule has 0 unspecified atom stereocenters. The second-order valence-electron chi connectivity index (χ2n) is 3.90. The van der Waals surface area contributed by atoms with Gasteiger partial charge >= 0.3 is 0 Å². The number of rotatable bonds is 3. The van der Waals surface area contributed by atoms with E-state index in [1.54, 1.807) is 33.2 Å². The van der Waals surface area contributed by atoms with Gasteiger partial charge in [0.15, 0.2) is 3.55 Å². The zero-order valence-electron chi connectivity index (χ0n) is 10.3. The van der Waals surface area contributed by atoms with Crippen molar-refractivity contribution < 1.29 is 9.59 Å². The normalized spacial score (nSPS) is 13.6. The second kappa shape index (κ2) is 6.18. The molecule has 18 heavy (non-hydrogen) atoms. The van der Waals surface area contributed by atoms with Crippen LogP contribution in [0.4, 0.5) is 0 Å². The van der Waals surface area contributed by atoms with Gasteiger partial charge in [-0.15, -0.1) is 0 Å². The summed E-state index contributed by atoms with van der Waals surface area (Å²) in [5.41, 5.74) is 0.574. The van der Waals surface area contributed by atoms with Crippen molar-refractivity contribution in [1.82, 2.24) is 10.2 Å². The average molecular weight is 472 g/mol. The largest absolute Gasteiger partial charge is 0.356 e. The fourth-order valence-corrected chi connectivity index (χ4v) is 2.21. The van der Waals surface area contributed by atoms with Gasteiger partial charge < -0.3 is 10.2 Å². The van der Waals surface area contributed by atoms with Crippen LogP contribution < -0.4 is 5.32 Å². The maximum absolute atomic E-state index is 12.3. The van der Waals surface area contributed by atoms with Gasteiger partial charge in [-0.3, -0.25) is 9.59 Å². The van der Waals surface area contributed by atoms with Crippen LogP contribution in [0.1, 0.15) is 17.3 Å². The summed E-state index contributed by atoms with van der Waals surface area (Å²) in [4.78, 5) is 25.5. The minimum absolute atomic E-state index is 0.174. The van der Waals surface area contributed by atoms with Crippen molar-refractivity contribution in [2.24, 2.45) is 0 Å². The van der Waals surface area contributed by atoms with Crippen LogP contribution in [0.3, 0.4) is 0 Å². The second-order valence-corrected chi connectivity index (χ2v) is 7.25. The Labute approximate surface area is 134 Å². The Morgan fingerprint density at radius 1 is 1.28 bits per heavy atom. The number of hydrogen-bond donors (Lipinski definition) is 1. The number of nitrogens with zero attached hydrogens (tertiary/aromatic N) is 1. The summed E-state index contributed by atoms with van der Waals surface area (Å²) in [5.74, 6) is -0.378. The lowest BCUT2D eigenvalue weighted by atomic mass is 10.1. The number of likely N-dealkylation sites (N-methyl/N-ethyl adjacent to an activating group) is 2. The van der Waals surface area contributed by atoms with E-state index < -0.39 is 3.55 Å². The highest BCUT2D eigenvalue weighted by Gasteiger charge is 2.36. The lowest BCUT2D eigenvalue weighted by molar-refractivity contribution is -0.125. The molecule has 1 aromatic rings. The maximum Gasteiger partial charge on any atom is 0.255 e. The molecule has 0 aliphatic heterocycles. The van der Waals surface area contributed by atoms with E-state index >= 15 is 0 Å². The summed E-state index contributed by atoms with van der Waals surface area (Å²) < 4.78 is 0.155. The molecular formula is C12H14I2N2O2. The fraction of sp³-hybridized carbons (Fsp3) is 0.333. The molecule has 0 saturated carbocycles. The molecule has 0 spiro atoms. The van der Waals surface area contributed by atoms with Gasteiger partial charge in [-0.2, -0.15) is 0 Å². The Balaban J connectivity index is 2.97. The fourth-order valence-electron chi connectivity index (χ4n) is 1.36. The van der Waals surface area contributed by atoms with E-state index in [-0.39, 0.29) is 11.8 Å². The first-order chi connectivity index (χ1) is 8.30. The predicted molar refractivity (Wildman–Crippen MR) is 87.7 cm³/mol. The molecule has 0 aliphatic carbocycles. The number of halogens is 2. The Hall–Kier alpha value is -0.380. The zero-order chi connectivity index (χ0) is 13.9. The first kappa shape index (κ1) is 15.7. The standard InChI is InChI=1S/C12H14I2N2O2/c1-12(14,11(18)15-2)16(3)10(17)8-4-6-9(13)7-5-8/h4-7H,1-3H3,(H,15,18)/t12-/m0/s1. The van der Waals surface area contributed by atoms with Gasteiger partial charge in [0.25, 0.3) is 11.8 Å². The highest BCUT2D eigenvalue weighted by molar-refractivity contribution is 14.1. The van der Waals surface area contributed by atoms with Crippen LogP contribution in [0.15, 0.2) is 24.3 Å². The summed E-state index contributed by atoms with van der Waals surface area (Å²) in [7, 11) is 3.18. The third-order valence-corrected chi connectivity index (χ3v) is 4.60. The Morgan fingerprint density at radius 2 is 1.78 bits per heavy atom. The summed E-state index contributed by atoms with van der Waals surface area (Å²) in [5, 5.41) is 2.56. The minimum atomic E-state index is -0.910. The van der Waals surface area contributed by atoms with Gasteiger partial charge in [-0.1, -0.05) is 0 Å². The Bertz CT molecular complexity index is 458. The Morgan fingerprint density at radius 3 is 2.22 bits per heavy atom. The highest BCUT2D eigenvalue weighted by Crippen LogP contribution is 2.24. The van der Waals surface area contributed by atoms with Crippen molar-refractivity contribution in [2.45, 2.75) is 10.5 Å². The molecule has 6 heteroatoms. The smallest absolute Gasteiger partial charge is 0.255 e. The van der Waals surface area contributed by atoms with Crippen molar-refractivity contribution in [3.05, 3.63) is 33.4 Å². The first-order valence-corrected chi connectivity index (χ1v) is 7.41. The maximum atomic E-state index is 12.3. The van der Waals surface area contributed by atoms with Crippen LogP contribution in [0.25, 0.3) is 0 Å². The quantitative estimate of drug-likeness (QED) is 0.417. The van der Waals surface area contributed by atoms with E-state index in [1.807, 2.05) is 34.7 Å². The van der Waals surface area contributed by atoms with E-state index in [0.717, 1.165) is 3.57 Å². The molecule has 0 heterocycles. The molecule has 1 N–H and O–H groups in total. The van der Waals surface area contributed by atoms with E-state index in [1.165, 1.54) is 4.90 Å². The minimum Gasteiger partial charge on any atom is -0.356 e. The molecule has 0 radical (unpaired) electrons. The van der Waals surface area contributed by atoms with E-state index in [2.05, 4.69) is 27.9 Å². The van der Waals surface area contributed by atoms with Crippen molar-refractivity contribution >= 4 is 57.0 Å². The monoisotopic (exact) mass is 472 g/mol. The molecule has 0 fully saturated rings. The van der Waals surface area contributed by atoms with Gasteiger partial charge in [0, 0.05) is 23.2 Å². The third-order valence-electron chi connectivity index (χ3n) is 2.67. The molecule has 1 aromatic carbocycles. The van der Waals surface area contributed by atoms with Crippen LogP contribution in [0, 0.1) is 3.57 Å². The lowest BCUT2D eigenvalue weighted by Gasteiger charge is -2.32. The van der Waals surface area contributed by atoms with Gasteiger partial charge in [0.2, 0.25) is 0 Å². The number of alkyl halides is 1. The van der Waals surface area contributed by atoms with Crippen molar-refractivity contribution in [1.29, 1.82) is 0 Å².